The molecule has 6 nitrogen and oxygen atoms in total. The van der Waals surface area contributed by atoms with Crippen LogP contribution in [0.1, 0.15) is 18.9 Å². The molecule has 0 saturated carbocycles. The normalized spacial score (nSPS) is 16.4. The number of nitrogens with zero attached hydrogens (tertiary/aromatic N) is 1. The van der Waals surface area contributed by atoms with Crippen LogP contribution in [-0.2, 0) is 4.74 Å². The second-order valence-electron chi connectivity index (χ2n) is 4.86. The summed E-state index contributed by atoms with van der Waals surface area (Å²) in [7, 11) is 1.54. The number of hydrogen-bond acceptors (Lipinski definition) is 4. The number of aromatic amines is 1. The Hall–Kier alpha value is -2.08. The van der Waals surface area contributed by atoms with Crippen molar-refractivity contribution in [3.05, 3.63) is 39.0 Å². The first-order valence-electron chi connectivity index (χ1n) is 6.61. The van der Waals surface area contributed by atoms with Gasteiger partial charge in [-0.15, -0.1) is 0 Å². The number of hydrogen-bond donors (Lipinski definition) is 1. The third kappa shape index (κ3) is 2.12. The van der Waals surface area contributed by atoms with E-state index in [1.165, 1.54) is 4.57 Å². The topological polar surface area (TPSA) is 73.3 Å². The summed E-state index contributed by atoms with van der Waals surface area (Å²) in [4.78, 5) is 27.4. The van der Waals surface area contributed by atoms with Crippen LogP contribution >= 0.6 is 0 Å². The Morgan fingerprint density at radius 1 is 1.30 bits per heavy atom. The van der Waals surface area contributed by atoms with Crippen LogP contribution in [0.5, 0.6) is 5.75 Å². The summed E-state index contributed by atoms with van der Waals surface area (Å²) in [5, 5.41) is 0.497. The minimum atomic E-state index is -0.373. The summed E-state index contributed by atoms with van der Waals surface area (Å²) in [6.45, 7) is 1.16. The zero-order valence-corrected chi connectivity index (χ0v) is 11.2. The van der Waals surface area contributed by atoms with Crippen molar-refractivity contribution in [2.75, 3.05) is 20.3 Å². The molecule has 1 aliphatic heterocycles. The molecule has 0 bridgehead atoms. The van der Waals surface area contributed by atoms with Gasteiger partial charge in [-0.05, 0) is 25.0 Å². The average molecular weight is 276 g/mol. The average Bonchev–Trinajstić information content (AvgIpc) is 2.47. The third-order valence-corrected chi connectivity index (χ3v) is 3.69. The molecule has 1 aromatic heterocycles. The van der Waals surface area contributed by atoms with Gasteiger partial charge in [0.15, 0.2) is 0 Å². The molecule has 0 atom stereocenters. The number of fused-ring (bicyclic) bond motifs is 1. The van der Waals surface area contributed by atoms with Crippen LogP contribution in [0.3, 0.4) is 0 Å². The summed E-state index contributed by atoms with van der Waals surface area (Å²) in [5.41, 5.74) is -0.122. The summed E-state index contributed by atoms with van der Waals surface area (Å²) in [6, 6.07) is 4.97. The SMILES string of the molecule is COc1ccc2c(=O)n(C3CCOCC3)c(=O)[nH]c2c1. The Balaban J connectivity index is 2.19. The molecule has 6 heteroatoms. The summed E-state index contributed by atoms with van der Waals surface area (Å²) in [5.74, 6) is 0.608. The molecular weight excluding hydrogens is 260 g/mol. The molecule has 1 aliphatic rings. The predicted molar refractivity (Wildman–Crippen MR) is 74.5 cm³/mol. The second kappa shape index (κ2) is 5.13. The fraction of sp³-hybridized carbons (Fsp3) is 0.429. The molecule has 2 aromatic rings. The van der Waals surface area contributed by atoms with Crippen molar-refractivity contribution in [2.24, 2.45) is 0 Å². The van der Waals surface area contributed by atoms with Gasteiger partial charge in [0.25, 0.3) is 5.56 Å². The van der Waals surface area contributed by atoms with Gasteiger partial charge >= 0.3 is 5.69 Å². The van der Waals surface area contributed by atoms with Gasteiger partial charge in [0.1, 0.15) is 5.75 Å². The molecule has 0 aliphatic carbocycles. The van der Waals surface area contributed by atoms with E-state index in [2.05, 4.69) is 4.98 Å². The van der Waals surface area contributed by atoms with E-state index < -0.39 is 0 Å². The fourth-order valence-corrected chi connectivity index (χ4v) is 2.61. The Morgan fingerprint density at radius 3 is 2.75 bits per heavy atom. The number of methoxy groups -OCH3 is 1. The Labute approximate surface area is 114 Å². The Bertz CT molecular complexity index is 741. The number of H-pyrrole nitrogens is 1. The molecule has 0 radical (unpaired) electrons. The number of aromatic nitrogens is 2. The molecular formula is C14H16N2O4. The lowest BCUT2D eigenvalue weighted by molar-refractivity contribution is 0.0676. The van der Waals surface area contributed by atoms with Gasteiger partial charge in [0.2, 0.25) is 0 Å². The van der Waals surface area contributed by atoms with Crippen LogP contribution in [-0.4, -0.2) is 29.9 Å². The molecule has 20 heavy (non-hydrogen) atoms. The monoisotopic (exact) mass is 276 g/mol. The highest BCUT2D eigenvalue weighted by molar-refractivity contribution is 5.78. The molecule has 106 valence electrons. The van der Waals surface area contributed by atoms with Crippen molar-refractivity contribution >= 4 is 10.9 Å². The van der Waals surface area contributed by atoms with Crippen molar-refractivity contribution in [3.8, 4) is 5.75 Å². The number of benzene rings is 1. The standard InChI is InChI=1S/C14H16N2O4/c1-19-10-2-3-11-12(8-10)15-14(18)16(13(11)17)9-4-6-20-7-5-9/h2-3,8-9H,4-7H2,1H3,(H,15,18). The molecule has 2 heterocycles. The Kier molecular flexibility index (Phi) is 3.31. The van der Waals surface area contributed by atoms with Crippen molar-refractivity contribution in [2.45, 2.75) is 18.9 Å². The van der Waals surface area contributed by atoms with Gasteiger partial charge in [0.05, 0.1) is 18.0 Å². The van der Waals surface area contributed by atoms with Crippen molar-refractivity contribution in [1.82, 2.24) is 9.55 Å². The summed E-state index contributed by atoms with van der Waals surface area (Å²) in [6.07, 6.45) is 1.37. The summed E-state index contributed by atoms with van der Waals surface area (Å²) >= 11 is 0. The molecule has 1 fully saturated rings. The van der Waals surface area contributed by atoms with Crippen LogP contribution in [0, 0.1) is 0 Å². The van der Waals surface area contributed by atoms with E-state index in [9.17, 15) is 9.59 Å². The molecule has 0 amide bonds. The van der Waals surface area contributed by atoms with Gasteiger partial charge in [-0.2, -0.15) is 0 Å². The van der Waals surface area contributed by atoms with E-state index in [0.29, 0.717) is 42.7 Å². The van der Waals surface area contributed by atoms with Gasteiger partial charge in [-0.3, -0.25) is 9.36 Å². The quantitative estimate of drug-likeness (QED) is 0.889. The first kappa shape index (κ1) is 12.9. The van der Waals surface area contributed by atoms with Crippen LogP contribution in [0.25, 0.3) is 10.9 Å². The Morgan fingerprint density at radius 2 is 2.05 bits per heavy atom. The molecule has 1 N–H and O–H groups in total. The van der Waals surface area contributed by atoms with Crippen LogP contribution in [0.2, 0.25) is 0 Å². The van der Waals surface area contributed by atoms with Crippen molar-refractivity contribution < 1.29 is 9.47 Å². The van der Waals surface area contributed by atoms with E-state index in [0.717, 1.165) is 0 Å². The number of rotatable bonds is 2. The first-order chi connectivity index (χ1) is 9.70. The fourth-order valence-electron chi connectivity index (χ4n) is 2.61. The van der Waals surface area contributed by atoms with Crippen molar-refractivity contribution in [3.63, 3.8) is 0 Å². The number of ether oxygens (including phenoxy) is 2. The van der Waals surface area contributed by atoms with Crippen LogP contribution in [0.15, 0.2) is 27.8 Å². The lowest BCUT2D eigenvalue weighted by Crippen LogP contribution is -2.40. The second-order valence-corrected chi connectivity index (χ2v) is 4.86. The molecule has 0 unspecified atom stereocenters. The van der Waals surface area contributed by atoms with Gasteiger partial charge in [0, 0.05) is 25.3 Å². The van der Waals surface area contributed by atoms with E-state index in [4.69, 9.17) is 9.47 Å². The lowest BCUT2D eigenvalue weighted by atomic mass is 10.1. The van der Waals surface area contributed by atoms with E-state index in [-0.39, 0.29) is 17.3 Å². The molecule has 3 rings (SSSR count). The minimum Gasteiger partial charge on any atom is -0.497 e. The highest BCUT2D eigenvalue weighted by Crippen LogP contribution is 2.19. The largest absolute Gasteiger partial charge is 0.497 e. The van der Waals surface area contributed by atoms with Gasteiger partial charge in [-0.1, -0.05) is 0 Å². The molecule has 1 saturated heterocycles. The number of nitrogens with one attached hydrogen (secondary N) is 1. The zero-order valence-electron chi connectivity index (χ0n) is 11.2. The van der Waals surface area contributed by atoms with Crippen LogP contribution < -0.4 is 16.0 Å². The van der Waals surface area contributed by atoms with Gasteiger partial charge < -0.3 is 14.5 Å². The highest BCUT2D eigenvalue weighted by Gasteiger charge is 2.20. The minimum absolute atomic E-state index is 0.0912. The third-order valence-electron chi connectivity index (χ3n) is 3.69. The van der Waals surface area contributed by atoms with Crippen LogP contribution in [0.4, 0.5) is 0 Å². The van der Waals surface area contributed by atoms with Gasteiger partial charge in [-0.25, -0.2) is 4.79 Å². The maximum absolute atomic E-state index is 12.5. The van der Waals surface area contributed by atoms with E-state index in [1.54, 1.807) is 25.3 Å². The predicted octanol–water partition coefficient (Wildman–Crippen LogP) is 1.05. The first-order valence-corrected chi connectivity index (χ1v) is 6.61. The van der Waals surface area contributed by atoms with E-state index in [1.807, 2.05) is 0 Å². The van der Waals surface area contributed by atoms with Crippen molar-refractivity contribution in [1.29, 1.82) is 0 Å². The maximum atomic E-state index is 12.5. The highest BCUT2D eigenvalue weighted by atomic mass is 16.5. The smallest absolute Gasteiger partial charge is 0.329 e. The lowest BCUT2D eigenvalue weighted by Gasteiger charge is -2.23. The maximum Gasteiger partial charge on any atom is 0.329 e. The molecule has 1 aromatic carbocycles. The molecule has 0 spiro atoms. The summed E-state index contributed by atoms with van der Waals surface area (Å²) < 4.78 is 11.7. The van der Waals surface area contributed by atoms with E-state index >= 15 is 0 Å². The zero-order chi connectivity index (χ0) is 14.1.